The minimum absolute atomic E-state index is 0.584. The van der Waals surface area contributed by atoms with E-state index < -0.39 is 0 Å². The molecule has 0 aliphatic heterocycles. The lowest BCUT2D eigenvalue weighted by molar-refractivity contribution is 0.149. The van der Waals surface area contributed by atoms with E-state index in [-0.39, 0.29) is 0 Å². The Morgan fingerprint density at radius 3 is 3.00 bits per heavy atom. The summed E-state index contributed by atoms with van der Waals surface area (Å²) in [5.41, 5.74) is 1.33. The van der Waals surface area contributed by atoms with Crippen LogP contribution in [-0.4, -0.2) is 19.8 Å². The molecule has 1 N–H and O–H groups in total. The second-order valence-electron chi connectivity index (χ2n) is 3.42. The minimum atomic E-state index is 0.584. The van der Waals surface area contributed by atoms with Gasteiger partial charge in [0, 0.05) is 11.6 Å². The maximum Gasteiger partial charge on any atom is 0.101 e. The summed E-state index contributed by atoms with van der Waals surface area (Å²) in [4.78, 5) is 0. The largest absolute Gasteiger partial charge is 0.382 e. The standard InChI is InChI=1S/C13H15ClN2O/c1-2-3-7-17-8-6-16-13-9-12(14)5-4-11(13)10-15/h2,4-5,9,16H,1,3,6-8H2. The molecule has 0 saturated heterocycles. The highest BCUT2D eigenvalue weighted by molar-refractivity contribution is 6.30. The van der Waals surface area contributed by atoms with Crippen molar-refractivity contribution in [1.82, 2.24) is 0 Å². The van der Waals surface area contributed by atoms with Gasteiger partial charge >= 0.3 is 0 Å². The van der Waals surface area contributed by atoms with Crippen molar-refractivity contribution < 1.29 is 4.74 Å². The zero-order chi connectivity index (χ0) is 12.5. The quantitative estimate of drug-likeness (QED) is 0.597. The van der Waals surface area contributed by atoms with Gasteiger partial charge < -0.3 is 10.1 Å². The molecule has 0 aliphatic rings. The molecule has 1 aromatic carbocycles. The highest BCUT2D eigenvalue weighted by Crippen LogP contribution is 2.19. The number of benzene rings is 1. The molecular weight excluding hydrogens is 236 g/mol. The Hall–Kier alpha value is -1.50. The van der Waals surface area contributed by atoms with Gasteiger partial charge in [0.2, 0.25) is 0 Å². The highest BCUT2D eigenvalue weighted by atomic mass is 35.5. The number of nitrogens with one attached hydrogen (secondary N) is 1. The third kappa shape index (κ3) is 4.90. The van der Waals surface area contributed by atoms with Crippen LogP contribution in [0, 0.1) is 11.3 Å². The third-order valence-corrected chi connectivity index (χ3v) is 2.37. The maximum absolute atomic E-state index is 8.91. The van der Waals surface area contributed by atoms with Crippen molar-refractivity contribution in [3.63, 3.8) is 0 Å². The van der Waals surface area contributed by atoms with Crippen molar-refractivity contribution in [2.24, 2.45) is 0 Å². The van der Waals surface area contributed by atoms with Crippen molar-refractivity contribution in [1.29, 1.82) is 5.26 Å². The summed E-state index contributed by atoms with van der Waals surface area (Å²) in [6, 6.07) is 7.25. The molecule has 1 aromatic rings. The van der Waals surface area contributed by atoms with Crippen LogP contribution in [0.2, 0.25) is 5.02 Å². The zero-order valence-electron chi connectivity index (χ0n) is 9.58. The molecule has 0 heterocycles. The summed E-state index contributed by atoms with van der Waals surface area (Å²) in [5.74, 6) is 0. The van der Waals surface area contributed by atoms with Crippen molar-refractivity contribution in [2.75, 3.05) is 25.1 Å². The number of hydrogen-bond donors (Lipinski definition) is 1. The van der Waals surface area contributed by atoms with Crippen LogP contribution < -0.4 is 5.32 Å². The van der Waals surface area contributed by atoms with E-state index >= 15 is 0 Å². The van der Waals surface area contributed by atoms with Crippen molar-refractivity contribution in [2.45, 2.75) is 6.42 Å². The molecule has 0 bridgehead atoms. The first-order valence-corrected chi connectivity index (χ1v) is 5.78. The topological polar surface area (TPSA) is 45.0 Å². The molecular formula is C13H15ClN2O. The molecule has 0 aromatic heterocycles. The monoisotopic (exact) mass is 250 g/mol. The molecule has 3 nitrogen and oxygen atoms in total. The molecule has 0 saturated carbocycles. The van der Waals surface area contributed by atoms with E-state index in [2.05, 4.69) is 18.0 Å². The highest BCUT2D eigenvalue weighted by Gasteiger charge is 2.01. The van der Waals surface area contributed by atoms with Gasteiger partial charge in [0.15, 0.2) is 0 Å². The lowest BCUT2D eigenvalue weighted by Crippen LogP contribution is -2.10. The Morgan fingerprint density at radius 2 is 2.29 bits per heavy atom. The summed E-state index contributed by atoms with van der Waals surface area (Å²) in [6.07, 6.45) is 2.67. The van der Waals surface area contributed by atoms with Crippen LogP contribution in [0.4, 0.5) is 5.69 Å². The average Bonchev–Trinajstić information content (AvgIpc) is 2.34. The lowest BCUT2D eigenvalue weighted by Gasteiger charge is -2.08. The van der Waals surface area contributed by atoms with Gasteiger partial charge in [0.05, 0.1) is 24.5 Å². The predicted octanol–water partition coefficient (Wildman–Crippen LogP) is 3.22. The van der Waals surface area contributed by atoms with Gasteiger partial charge in [-0.15, -0.1) is 6.58 Å². The van der Waals surface area contributed by atoms with E-state index in [1.807, 2.05) is 6.08 Å². The Kier molecular flexibility index (Phi) is 6.16. The van der Waals surface area contributed by atoms with Crippen LogP contribution in [0.15, 0.2) is 30.9 Å². The molecule has 90 valence electrons. The molecule has 0 unspecified atom stereocenters. The second kappa shape index (κ2) is 7.72. The first-order valence-electron chi connectivity index (χ1n) is 5.40. The minimum Gasteiger partial charge on any atom is -0.382 e. The fraction of sp³-hybridized carbons (Fsp3) is 0.308. The summed E-state index contributed by atoms with van der Waals surface area (Å²) in [7, 11) is 0. The first-order chi connectivity index (χ1) is 8.27. The number of anilines is 1. The van der Waals surface area contributed by atoms with E-state index in [4.69, 9.17) is 21.6 Å². The molecule has 1 rings (SSSR count). The summed E-state index contributed by atoms with van der Waals surface area (Å²) in [6.45, 7) is 5.52. The Morgan fingerprint density at radius 1 is 1.47 bits per heavy atom. The van der Waals surface area contributed by atoms with E-state index in [0.717, 1.165) is 12.1 Å². The number of nitriles is 1. The molecule has 0 aliphatic carbocycles. The van der Waals surface area contributed by atoms with Crippen LogP contribution in [0.3, 0.4) is 0 Å². The van der Waals surface area contributed by atoms with Gasteiger partial charge in [-0.25, -0.2) is 0 Å². The number of halogens is 1. The van der Waals surface area contributed by atoms with Crippen molar-refractivity contribution >= 4 is 17.3 Å². The first kappa shape index (κ1) is 13.6. The Balaban J connectivity index is 2.38. The molecule has 0 fully saturated rings. The van der Waals surface area contributed by atoms with E-state index in [1.54, 1.807) is 18.2 Å². The van der Waals surface area contributed by atoms with E-state index in [0.29, 0.717) is 30.3 Å². The predicted molar refractivity (Wildman–Crippen MR) is 70.3 cm³/mol. The third-order valence-electron chi connectivity index (χ3n) is 2.13. The normalized spacial score (nSPS) is 9.65. The SMILES string of the molecule is C=CCCOCCNc1cc(Cl)ccc1C#N. The van der Waals surface area contributed by atoms with Gasteiger partial charge in [-0.2, -0.15) is 5.26 Å². The number of ether oxygens (including phenoxy) is 1. The fourth-order valence-electron chi connectivity index (χ4n) is 1.29. The Labute approximate surface area is 107 Å². The molecule has 0 spiro atoms. The zero-order valence-corrected chi connectivity index (χ0v) is 10.3. The second-order valence-corrected chi connectivity index (χ2v) is 3.85. The maximum atomic E-state index is 8.91. The summed E-state index contributed by atoms with van der Waals surface area (Å²) >= 11 is 5.86. The van der Waals surface area contributed by atoms with Crippen LogP contribution in [0.25, 0.3) is 0 Å². The van der Waals surface area contributed by atoms with Crippen LogP contribution >= 0.6 is 11.6 Å². The van der Waals surface area contributed by atoms with E-state index in [9.17, 15) is 0 Å². The van der Waals surface area contributed by atoms with Gasteiger partial charge in [0.25, 0.3) is 0 Å². The smallest absolute Gasteiger partial charge is 0.101 e. The summed E-state index contributed by atoms with van der Waals surface area (Å²) < 4.78 is 5.35. The summed E-state index contributed by atoms with van der Waals surface area (Å²) in [5, 5.41) is 12.6. The lowest BCUT2D eigenvalue weighted by atomic mass is 10.2. The van der Waals surface area contributed by atoms with Crippen LogP contribution in [-0.2, 0) is 4.74 Å². The van der Waals surface area contributed by atoms with Crippen molar-refractivity contribution in [3.8, 4) is 6.07 Å². The van der Waals surface area contributed by atoms with Crippen LogP contribution in [0.5, 0.6) is 0 Å². The van der Waals surface area contributed by atoms with E-state index in [1.165, 1.54) is 0 Å². The number of hydrogen-bond acceptors (Lipinski definition) is 3. The van der Waals surface area contributed by atoms with Crippen molar-refractivity contribution in [3.05, 3.63) is 41.4 Å². The van der Waals surface area contributed by atoms with Crippen LogP contribution in [0.1, 0.15) is 12.0 Å². The number of rotatable bonds is 7. The average molecular weight is 251 g/mol. The molecule has 0 radical (unpaired) electrons. The van der Waals surface area contributed by atoms with Gasteiger partial charge in [-0.3, -0.25) is 0 Å². The number of nitrogens with zero attached hydrogens (tertiary/aromatic N) is 1. The molecule has 0 amide bonds. The Bertz CT molecular complexity index is 412. The fourth-order valence-corrected chi connectivity index (χ4v) is 1.46. The van der Waals surface area contributed by atoms with Gasteiger partial charge in [-0.1, -0.05) is 17.7 Å². The molecule has 17 heavy (non-hydrogen) atoms. The van der Waals surface area contributed by atoms with Gasteiger partial charge in [-0.05, 0) is 24.6 Å². The van der Waals surface area contributed by atoms with Gasteiger partial charge in [0.1, 0.15) is 6.07 Å². The molecule has 4 heteroatoms. The molecule has 0 atom stereocenters.